The molecule has 0 radical (unpaired) electrons. The van der Waals surface area contributed by atoms with Gasteiger partial charge in [0, 0.05) is 46.1 Å². The maximum Gasteiger partial charge on any atom is 0.191 e. The van der Waals surface area contributed by atoms with Crippen molar-refractivity contribution < 1.29 is 17.9 Å². The number of benzene rings is 1. The molecule has 0 atom stereocenters. The molecule has 2 N–H and O–H groups in total. The van der Waals surface area contributed by atoms with Crippen molar-refractivity contribution in [3.05, 3.63) is 30.3 Å². The lowest BCUT2D eigenvalue weighted by atomic mass is 10.0. The molecule has 7 nitrogen and oxygen atoms in total. The first-order chi connectivity index (χ1) is 14.1. The van der Waals surface area contributed by atoms with Gasteiger partial charge in [-0.05, 0) is 50.7 Å². The van der Waals surface area contributed by atoms with Crippen LogP contribution in [-0.2, 0) is 19.3 Å². The Morgan fingerprint density at radius 2 is 1.90 bits per heavy atom. The minimum absolute atomic E-state index is 0. The zero-order valence-corrected chi connectivity index (χ0v) is 21.0. The van der Waals surface area contributed by atoms with E-state index in [2.05, 4.69) is 15.6 Å². The highest BCUT2D eigenvalue weighted by Crippen LogP contribution is 2.14. The number of nitrogens with zero attached hydrogens (tertiary/aromatic N) is 1. The third-order valence-electron chi connectivity index (χ3n) is 4.74. The Labute approximate surface area is 198 Å². The minimum atomic E-state index is -3.24. The highest BCUT2D eigenvalue weighted by molar-refractivity contribution is 14.0. The number of halogens is 1. The summed E-state index contributed by atoms with van der Waals surface area (Å²) in [6.07, 6.45) is 3.57. The Morgan fingerprint density at radius 3 is 2.60 bits per heavy atom. The SMILES string of the molecule is CCNC(=NCCCS(=O)(=O)c1ccccc1)NCCCOCC1CCOCC1.I. The van der Waals surface area contributed by atoms with Gasteiger partial charge in [0.15, 0.2) is 15.8 Å². The van der Waals surface area contributed by atoms with Gasteiger partial charge in [-0.15, -0.1) is 24.0 Å². The first-order valence-corrected chi connectivity index (χ1v) is 12.2. The number of rotatable bonds is 12. The molecule has 2 rings (SSSR count). The summed E-state index contributed by atoms with van der Waals surface area (Å²) in [7, 11) is -3.24. The lowest BCUT2D eigenvalue weighted by Crippen LogP contribution is -2.38. The molecule has 172 valence electrons. The van der Waals surface area contributed by atoms with E-state index in [1.54, 1.807) is 24.3 Å². The van der Waals surface area contributed by atoms with E-state index in [0.717, 1.165) is 58.8 Å². The average Bonchev–Trinajstić information content (AvgIpc) is 2.75. The van der Waals surface area contributed by atoms with Crippen LogP contribution in [0.2, 0.25) is 0 Å². The summed E-state index contributed by atoms with van der Waals surface area (Å²) in [6.45, 7) is 7.23. The van der Waals surface area contributed by atoms with Gasteiger partial charge < -0.3 is 20.1 Å². The van der Waals surface area contributed by atoms with E-state index in [-0.39, 0.29) is 29.7 Å². The Morgan fingerprint density at radius 1 is 1.17 bits per heavy atom. The smallest absolute Gasteiger partial charge is 0.191 e. The number of nitrogens with one attached hydrogen (secondary N) is 2. The number of guanidine groups is 1. The molecule has 0 saturated carbocycles. The van der Waals surface area contributed by atoms with Gasteiger partial charge in [-0.1, -0.05) is 18.2 Å². The van der Waals surface area contributed by atoms with Crippen LogP contribution in [0, 0.1) is 5.92 Å². The van der Waals surface area contributed by atoms with E-state index < -0.39 is 9.84 Å². The molecule has 0 amide bonds. The van der Waals surface area contributed by atoms with Gasteiger partial charge in [-0.25, -0.2) is 8.42 Å². The van der Waals surface area contributed by atoms with Crippen LogP contribution in [0.25, 0.3) is 0 Å². The van der Waals surface area contributed by atoms with Crippen LogP contribution in [-0.4, -0.2) is 66.2 Å². The number of aliphatic imine (C=N–C) groups is 1. The van der Waals surface area contributed by atoms with Crippen LogP contribution in [0.4, 0.5) is 0 Å². The number of sulfone groups is 1. The molecule has 1 aromatic carbocycles. The molecule has 0 aliphatic carbocycles. The minimum Gasteiger partial charge on any atom is -0.381 e. The van der Waals surface area contributed by atoms with Crippen molar-refractivity contribution in [2.24, 2.45) is 10.9 Å². The van der Waals surface area contributed by atoms with Crippen LogP contribution in [0.3, 0.4) is 0 Å². The molecule has 30 heavy (non-hydrogen) atoms. The van der Waals surface area contributed by atoms with Crippen molar-refractivity contribution in [3.63, 3.8) is 0 Å². The second-order valence-electron chi connectivity index (χ2n) is 7.16. The van der Waals surface area contributed by atoms with E-state index in [4.69, 9.17) is 9.47 Å². The molecule has 0 bridgehead atoms. The Kier molecular flexibility index (Phi) is 14.3. The zero-order valence-electron chi connectivity index (χ0n) is 17.8. The van der Waals surface area contributed by atoms with E-state index in [1.165, 1.54) is 0 Å². The fourth-order valence-corrected chi connectivity index (χ4v) is 4.39. The molecule has 1 aromatic rings. The third kappa shape index (κ3) is 10.9. The topological polar surface area (TPSA) is 89.0 Å². The standard InChI is InChI=1S/C21H35N3O4S.HI/c1-2-22-21(23-12-6-14-28-18-19-10-15-27-16-11-19)24-13-7-17-29(25,26)20-8-4-3-5-9-20;/h3-5,8-9,19H,2,6-7,10-18H2,1H3,(H2,22,23,24);1H. The van der Waals surface area contributed by atoms with Gasteiger partial charge in [0.1, 0.15) is 0 Å². The van der Waals surface area contributed by atoms with Crippen LogP contribution in [0.15, 0.2) is 40.2 Å². The first-order valence-electron chi connectivity index (χ1n) is 10.6. The zero-order chi connectivity index (χ0) is 20.8. The summed E-state index contributed by atoms with van der Waals surface area (Å²) < 4.78 is 35.7. The molecule has 0 spiro atoms. The largest absolute Gasteiger partial charge is 0.381 e. The average molecular weight is 554 g/mol. The molecule has 1 aliphatic rings. The predicted octanol–water partition coefficient (Wildman–Crippen LogP) is 2.86. The lowest BCUT2D eigenvalue weighted by molar-refractivity contribution is 0.0203. The summed E-state index contributed by atoms with van der Waals surface area (Å²) in [5.41, 5.74) is 0. The third-order valence-corrected chi connectivity index (χ3v) is 6.56. The van der Waals surface area contributed by atoms with Gasteiger partial charge in [0.05, 0.1) is 10.6 Å². The van der Waals surface area contributed by atoms with Crippen LogP contribution in [0.1, 0.15) is 32.6 Å². The fraction of sp³-hybridized carbons (Fsp3) is 0.667. The van der Waals surface area contributed by atoms with Crippen molar-refractivity contribution in [1.29, 1.82) is 0 Å². The maximum atomic E-state index is 12.3. The Hall–Kier alpha value is -0.910. The molecule has 1 fully saturated rings. The van der Waals surface area contributed by atoms with E-state index in [0.29, 0.717) is 29.7 Å². The van der Waals surface area contributed by atoms with Gasteiger partial charge in [-0.3, -0.25) is 4.99 Å². The summed E-state index contributed by atoms with van der Waals surface area (Å²) >= 11 is 0. The van der Waals surface area contributed by atoms with Crippen LogP contribution < -0.4 is 10.6 Å². The van der Waals surface area contributed by atoms with E-state index in [9.17, 15) is 8.42 Å². The maximum absolute atomic E-state index is 12.3. The van der Waals surface area contributed by atoms with Gasteiger partial charge in [-0.2, -0.15) is 0 Å². The van der Waals surface area contributed by atoms with Crippen molar-refractivity contribution in [2.75, 3.05) is 51.8 Å². The number of hydrogen-bond acceptors (Lipinski definition) is 5. The quantitative estimate of drug-likeness (QED) is 0.179. The molecule has 1 heterocycles. The predicted molar refractivity (Wildman–Crippen MR) is 131 cm³/mol. The van der Waals surface area contributed by atoms with Crippen molar-refractivity contribution in [3.8, 4) is 0 Å². The summed E-state index contributed by atoms with van der Waals surface area (Å²) in [4.78, 5) is 4.85. The molecule has 0 unspecified atom stereocenters. The highest BCUT2D eigenvalue weighted by Gasteiger charge is 2.14. The van der Waals surface area contributed by atoms with Crippen molar-refractivity contribution in [1.82, 2.24) is 10.6 Å². The second-order valence-corrected chi connectivity index (χ2v) is 9.27. The normalized spacial score (nSPS) is 15.4. The van der Waals surface area contributed by atoms with Gasteiger partial charge in [0.2, 0.25) is 0 Å². The number of hydrogen-bond donors (Lipinski definition) is 2. The Balaban J connectivity index is 0.00000450. The Bertz CT molecular complexity index is 695. The summed E-state index contributed by atoms with van der Waals surface area (Å²) in [5.74, 6) is 1.44. The summed E-state index contributed by atoms with van der Waals surface area (Å²) in [5, 5.41) is 6.47. The van der Waals surface area contributed by atoms with E-state index >= 15 is 0 Å². The lowest BCUT2D eigenvalue weighted by Gasteiger charge is -2.21. The summed E-state index contributed by atoms with van der Waals surface area (Å²) in [6, 6.07) is 8.56. The van der Waals surface area contributed by atoms with Crippen LogP contribution in [0.5, 0.6) is 0 Å². The molecule has 1 saturated heterocycles. The van der Waals surface area contributed by atoms with E-state index in [1.807, 2.05) is 13.0 Å². The monoisotopic (exact) mass is 553 g/mol. The second kappa shape index (κ2) is 15.8. The van der Waals surface area contributed by atoms with Crippen LogP contribution >= 0.6 is 24.0 Å². The van der Waals surface area contributed by atoms with Gasteiger partial charge >= 0.3 is 0 Å². The molecule has 1 aliphatic heterocycles. The van der Waals surface area contributed by atoms with Crippen molar-refractivity contribution in [2.45, 2.75) is 37.5 Å². The highest BCUT2D eigenvalue weighted by atomic mass is 127. The van der Waals surface area contributed by atoms with Gasteiger partial charge in [0.25, 0.3) is 0 Å². The molecular weight excluding hydrogens is 517 g/mol. The molecule has 9 heteroatoms. The number of ether oxygens (including phenoxy) is 2. The molecule has 0 aromatic heterocycles. The fourth-order valence-electron chi connectivity index (χ4n) is 3.08. The van der Waals surface area contributed by atoms with Crippen molar-refractivity contribution >= 4 is 39.8 Å². The molecular formula is C21H36IN3O4S. The first kappa shape index (κ1) is 27.1.